The zero-order valence-corrected chi connectivity index (χ0v) is 10.1. The fraction of sp³-hybridized carbons (Fsp3) is 0.455. The van der Waals surface area contributed by atoms with Crippen molar-refractivity contribution in [3.63, 3.8) is 0 Å². The van der Waals surface area contributed by atoms with Crippen molar-refractivity contribution in [2.45, 2.75) is 26.1 Å². The monoisotopic (exact) mass is 241 g/mol. The molecule has 5 heteroatoms. The highest BCUT2D eigenvalue weighted by Crippen LogP contribution is 2.18. The molecule has 0 spiro atoms. The maximum absolute atomic E-state index is 10.7. The number of carbonyl (C=O) groups excluding carboxylic acids is 1. The lowest BCUT2D eigenvalue weighted by Gasteiger charge is -2.16. The Morgan fingerprint density at radius 2 is 2.25 bits per heavy atom. The molecule has 1 rings (SSSR count). The van der Waals surface area contributed by atoms with Crippen molar-refractivity contribution in [2.75, 3.05) is 5.75 Å². The standard InChI is InChI=1S/C11H15NO3S/c1-7-3-4-12-9(5-7)11(15)10(14)6-16-8(2)13/h3-5,10-11,14-15H,6H2,1-2H3. The van der Waals surface area contributed by atoms with Crippen LogP contribution >= 0.6 is 11.8 Å². The third-order valence-corrected chi connectivity index (χ3v) is 2.98. The Morgan fingerprint density at radius 3 is 2.81 bits per heavy atom. The van der Waals surface area contributed by atoms with Gasteiger partial charge >= 0.3 is 0 Å². The van der Waals surface area contributed by atoms with E-state index in [-0.39, 0.29) is 10.9 Å². The summed E-state index contributed by atoms with van der Waals surface area (Å²) in [6.07, 6.45) is -0.450. The van der Waals surface area contributed by atoms with E-state index in [0.717, 1.165) is 17.3 Å². The predicted molar refractivity (Wildman–Crippen MR) is 63.1 cm³/mol. The molecule has 2 N–H and O–H groups in total. The van der Waals surface area contributed by atoms with Gasteiger partial charge in [-0.15, -0.1) is 0 Å². The van der Waals surface area contributed by atoms with Crippen LogP contribution in [0.1, 0.15) is 24.3 Å². The zero-order chi connectivity index (χ0) is 12.1. The molecule has 16 heavy (non-hydrogen) atoms. The molecule has 1 heterocycles. The Balaban J connectivity index is 2.62. The van der Waals surface area contributed by atoms with Crippen molar-refractivity contribution < 1.29 is 15.0 Å². The topological polar surface area (TPSA) is 70.4 Å². The van der Waals surface area contributed by atoms with Crippen LogP contribution in [0.2, 0.25) is 0 Å². The molecule has 4 nitrogen and oxygen atoms in total. The lowest BCUT2D eigenvalue weighted by molar-refractivity contribution is -0.109. The first-order valence-electron chi connectivity index (χ1n) is 4.92. The number of carbonyl (C=O) groups is 1. The largest absolute Gasteiger partial charge is 0.389 e. The molecule has 0 saturated heterocycles. The van der Waals surface area contributed by atoms with Crippen molar-refractivity contribution in [1.82, 2.24) is 4.98 Å². The number of aromatic nitrogens is 1. The summed E-state index contributed by atoms with van der Waals surface area (Å²) in [4.78, 5) is 14.7. The highest BCUT2D eigenvalue weighted by atomic mass is 32.2. The Bertz CT molecular complexity index is 370. The van der Waals surface area contributed by atoms with Gasteiger partial charge < -0.3 is 10.2 Å². The SMILES string of the molecule is CC(=O)SCC(O)C(O)c1cc(C)ccn1. The minimum Gasteiger partial charge on any atom is -0.389 e. The van der Waals surface area contributed by atoms with E-state index in [1.54, 1.807) is 12.3 Å². The van der Waals surface area contributed by atoms with Gasteiger partial charge in [0.1, 0.15) is 6.10 Å². The highest BCUT2D eigenvalue weighted by Gasteiger charge is 2.20. The average molecular weight is 241 g/mol. The van der Waals surface area contributed by atoms with Gasteiger partial charge in [-0.1, -0.05) is 11.8 Å². The second-order valence-corrected chi connectivity index (χ2v) is 4.77. The minimum absolute atomic E-state index is 0.0801. The van der Waals surface area contributed by atoms with Crippen molar-refractivity contribution in [2.24, 2.45) is 0 Å². The van der Waals surface area contributed by atoms with E-state index in [1.165, 1.54) is 6.92 Å². The number of nitrogens with zero attached hydrogens (tertiary/aromatic N) is 1. The normalized spacial score (nSPS) is 14.5. The van der Waals surface area contributed by atoms with Crippen LogP contribution in [0, 0.1) is 6.92 Å². The number of hydrogen-bond donors (Lipinski definition) is 2. The van der Waals surface area contributed by atoms with Crippen LogP contribution in [-0.4, -0.2) is 32.2 Å². The van der Waals surface area contributed by atoms with E-state index in [0.29, 0.717) is 5.69 Å². The maximum Gasteiger partial charge on any atom is 0.185 e. The molecule has 0 saturated carbocycles. The van der Waals surface area contributed by atoms with E-state index in [1.807, 2.05) is 13.0 Å². The summed E-state index contributed by atoms with van der Waals surface area (Å²) in [7, 11) is 0. The van der Waals surface area contributed by atoms with Crippen molar-refractivity contribution in [3.05, 3.63) is 29.6 Å². The van der Waals surface area contributed by atoms with Gasteiger partial charge in [0.2, 0.25) is 0 Å². The van der Waals surface area contributed by atoms with Gasteiger partial charge in [0.05, 0.1) is 11.8 Å². The number of thioether (sulfide) groups is 1. The van der Waals surface area contributed by atoms with E-state index in [9.17, 15) is 15.0 Å². The molecule has 2 unspecified atom stereocenters. The molecule has 88 valence electrons. The molecule has 0 aliphatic heterocycles. The summed E-state index contributed by atoms with van der Waals surface area (Å²) in [6.45, 7) is 3.31. The predicted octanol–water partition coefficient (Wildman–Crippen LogP) is 1.06. The Kier molecular flexibility index (Phi) is 4.92. The summed E-state index contributed by atoms with van der Waals surface area (Å²) in [6, 6.07) is 3.53. The molecule has 0 amide bonds. The molecule has 1 aromatic rings. The first kappa shape index (κ1) is 13.2. The van der Waals surface area contributed by atoms with Crippen LogP contribution in [0.4, 0.5) is 0 Å². The summed E-state index contributed by atoms with van der Waals surface area (Å²) >= 11 is 0.990. The number of aryl methyl sites for hydroxylation is 1. The van der Waals surface area contributed by atoms with Gasteiger partial charge in [0.25, 0.3) is 0 Å². The molecule has 0 aliphatic rings. The van der Waals surface area contributed by atoms with Crippen molar-refractivity contribution in [1.29, 1.82) is 0 Å². The van der Waals surface area contributed by atoms with E-state index < -0.39 is 12.2 Å². The van der Waals surface area contributed by atoms with Crippen LogP contribution < -0.4 is 0 Å². The van der Waals surface area contributed by atoms with Crippen LogP contribution in [0.25, 0.3) is 0 Å². The summed E-state index contributed by atoms with van der Waals surface area (Å²) in [5.74, 6) is 0.173. The lowest BCUT2D eigenvalue weighted by Crippen LogP contribution is -2.22. The van der Waals surface area contributed by atoms with Gasteiger partial charge in [-0.2, -0.15) is 0 Å². The van der Waals surface area contributed by atoms with Gasteiger partial charge in [0.15, 0.2) is 5.12 Å². The number of hydrogen-bond acceptors (Lipinski definition) is 5. The third kappa shape index (κ3) is 3.92. The second-order valence-electron chi connectivity index (χ2n) is 3.57. The number of rotatable bonds is 4. The van der Waals surface area contributed by atoms with Crippen LogP contribution in [-0.2, 0) is 4.79 Å². The first-order valence-corrected chi connectivity index (χ1v) is 5.91. The Hall–Kier alpha value is -0.910. The number of aliphatic hydroxyl groups excluding tert-OH is 2. The average Bonchev–Trinajstić information content (AvgIpc) is 2.24. The summed E-state index contributed by atoms with van der Waals surface area (Å²) in [5.41, 5.74) is 1.40. The maximum atomic E-state index is 10.7. The fourth-order valence-electron chi connectivity index (χ4n) is 1.21. The minimum atomic E-state index is -1.05. The molecule has 0 aliphatic carbocycles. The van der Waals surface area contributed by atoms with Crippen molar-refractivity contribution in [3.8, 4) is 0 Å². The van der Waals surface area contributed by atoms with Crippen molar-refractivity contribution >= 4 is 16.9 Å². The summed E-state index contributed by atoms with van der Waals surface area (Å²) in [5, 5.41) is 19.4. The van der Waals surface area contributed by atoms with E-state index >= 15 is 0 Å². The molecule has 2 atom stereocenters. The van der Waals surface area contributed by atoms with Crippen LogP contribution in [0.3, 0.4) is 0 Å². The van der Waals surface area contributed by atoms with Crippen LogP contribution in [0.15, 0.2) is 18.3 Å². The summed E-state index contributed by atoms with van der Waals surface area (Å²) < 4.78 is 0. The number of aliphatic hydroxyl groups is 2. The zero-order valence-electron chi connectivity index (χ0n) is 9.25. The third-order valence-electron chi connectivity index (χ3n) is 2.06. The molecule has 1 aromatic heterocycles. The molecular weight excluding hydrogens is 226 g/mol. The molecule has 0 aromatic carbocycles. The smallest absolute Gasteiger partial charge is 0.185 e. The molecular formula is C11H15NO3S. The van der Waals surface area contributed by atoms with Gasteiger partial charge in [-0.25, -0.2) is 0 Å². The van der Waals surface area contributed by atoms with E-state index in [2.05, 4.69) is 4.98 Å². The molecule has 0 bridgehead atoms. The quantitative estimate of drug-likeness (QED) is 0.825. The number of pyridine rings is 1. The second kappa shape index (κ2) is 5.98. The lowest BCUT2D eigenvalue weighted by atomic mass is 10.1. The van der Waals surface area contributed by atoms with Crippen LogP contribution in [0.5, 0.6) is 0 Å². The molecule has 0 radical (unpaired) electrons. The fourth-order valence-corrected chi connectivity index (χ4v) is 1.80. The van der Waals surface area contributed by atoms with Gasteiger partial charge in [-0.3, -0.25) is 9.78 Å². The van der Waals surface area contributed by atoms with E-state index in [4.69, 9.17) is 0 Å². The first-order chi connectivity index (χ1) is 7.50. The Morgan fingerprint density at radius 1 is 1.56 bits per heavy atom. The van der Waals surface area contributed by atoms with Gasteiger partial charge in [-0.05, 0) is 24.6 Å². The highest BCUT2D eigenvalue weighted by molar-refractivity contribution is 8.13. The molecule has 0 fully saturated rings. The van der Waals surface area contributed by atoms with Gasteiger partial charge in [0, 0.05) is 18.9 Å². The Labute approximate surface area is 98.7 Å².